The van der Waals surface area contributed by atoms with Gasteiger partial charge in [-0.25, -0.2) is 0 Å². The first-order chi connectivity index (χ1) is 30.3. The number of nitrogens with zero attached hydrogens (tertiary/aromatic N) is 6. The maximum Gasteiger partial charge on any atom is 2.00 e. The van der Waals surface area contributed by atoms with Crippen molar-refractivity contribution in [1.29, 1.82) is 0 Å². The zero-order valence-electron chi connectivity index (χ0n) is 38.5. The van der Waals surface area contributed by atoms with Crippen LogP contribution < -0.4 is 56.5 Å². The normalized spacial score (nSPS) is 10.8. The van der Waals surface area contributed by atoms with Crippen LogP contribution in [0, 0.1) is 0 Å². The molecule has 0 atom stereocenters. The number of methoxy groups -OCH3 is 1. The zero-order valence-corrected chi connectivity index (χ0v) is 42.1. The molecule has 350 valence electrons. The molecule has 7 aromatic rings. The first-order valence-electron chi connectivity index (χ1n) is 21.5. The summed E-state index contributed by atoms with van der Waals surface area (Å²) in [5.74, 6) is 0.785. The number of ether oxygens (including phenoxy) is 1. The smallest absolute Gasteiger partial charge is 1.00 e. The van der Waals surface area contributed by atoms with Crippen LogP contribution in [-0.4, -0.2) is 97.2 Å². The molecule has 0 aliphatic carbocycles. The van der Waals surface area contributed by atoms with E-state index >= 15 is 0 Å². The molecule has 2 radical (unpaired) electrons. The third-order valence-corrected chi connectivity index (χ3v) is 11.4. The SMILES string of the molecule is COc1cc(CN(CCN(C)C)Cc2ccccn2)c([O-])c(CN(CCN(C)C)Cc2ccccn2)c1.[Cl-].[Cl-].[Co+2].[Co+2].c1ccc([B-](c2ccccc2)(c2ccccc2)c2ccccc2)cc1. The second-order valence-corrected chi connectivity index (χ2v) is 16.5. The largest absolute Gasteiger partial charge is 2.00 e. The average Bonchev–Trinajstić information content (AvgIpc) is 3.31. The van der Waals surface area contributed by atoms with Gasteiger partial charge in [-0.2, -0.15) is 21.9 Å². The molecular formula is C53H61BCl2Co2N6O2. The van der Waals surface area contributed by atoms with Crippen LogP contribution in [0.4, 0.5) is 0 Å². The number of aromatic nitrogens is 2. The Kier molecular flexibility index (Phi) is 26.2. The van der Waals surface area contributed by atoms with Crippen LogP contribution in [0.25, 0.3) is 0 Å². The van der Waals surface area contributed by atoms with Crippen molar-refractivity contribution in [2.24, 2.45) is 0 Å². The molecular weight excluding hydrogens is 952 g/mol. The first kappa shape index (κ1) is 57.6. The van der Waals surface area contributed by atoms with E-state index in [-0.39, 0.29) is 64.1 Å². The molecule has 7 rings (SSSR count). The van der Waals surface area contributed by atoms with Gasteiger partial charge in [0.2, 0.25) is 0 Å². The van der Waals surface area contributed by atoms with E-state index in [2.05, 4.69) is 179 Å². The van der Waals surface area contributed by atoms with E-state index in [1.165, 1.54) is 21.9 Å². The predicted octanol–water partition coefficient (Wildman–Crippen LogP) is -0.247. The van der Waals surface area contributed by atoms with Crippen LogP contribution >= 0.6 is 0 Å². The van der Waals surface area contributed by atoms with Crippen LogP contribution in [0.2, 0.25) is 0 Å². The van der Waals surface area contributed by atoms with Crippen LogP contribution in [0.1, 0.15) is 22.5 Å². The van der Waals surface area contributed by atoms with E-state index in [1.54, 1.807) is 7.11 Å². The summed E-state index contributed by atoms with van der Waals surface area (Å²) in [6, 6.07) is 59.2. The van der Waals surface area contributed by atoms with Crippen molar-refractivity contribution < 1.29 is 68.2 Å². The minimum atomic E-state index is -1.22. The Bertz CT molecular complexity index is 2100. The Morgan fingerprint density at radius 1 is 0.455 bits per heavy atom. The van der Waals surface area contributed by atoms with Crippen LogP contribution in [-0.2, 0) is 59.7 Å². The van der Waals surface area contributed by atoms with Crippen molar-refractivity contribution in [2.45, 2.75) is 26.2 Å². The molecule has 0 unspecified atom stereocenters. The van der Waals surface area contributed by atoms with Crippen molar-refractivity contribution in [3.05, 3.63) is 205 Å². The minimum Gasteiger partial charge on any atom is -1.00 e. The maximum absolute atomic E-state index is 13.7. The quantitative estimate of drug-likeness (QED) is 0.103. The van der Waals surface area contributed by atoms with Gasteiger partial charge in [0, 0.05) is 64.8 Å². The summed E-state index contributed by atoms with van der Waals surface area (Å²) in [7, 11) is 9.90. The molecule has 0 aliphatic heterocycles. The third kappa shape index (κ3) is 16.4. The molecule has 8 nitrogen and oxygen atoms in total. The molecule has 0 bridgehead atoms. The zero-order chi connectivity index (χ0) is 43.6. The molecule has 0 amide bonds. The third-order valence-electron chi connectivity index (χ3n) is 11.4. The molecule has 0 N–H and O–H groups in total. The summed E-state index contributed by atoms with van der Waals surface area (Å²) < 4.78 is 5.63. The molecule has 2 heterocycles. The fourth-order valence-electron chi connectivity index (χ4n) is 8.23. The summed E-state index contributed by atoms with van der Waals surface area (Å²) in [5, 5.41) is 13.7. The van der Waals surface area contributed by atoms with Crippen LogP contribution in [0.5, 0.6) is 11.5 Å². The van der Waals surface area contributed by atoms with Gasteiger partial charge in [-0.3, -0.25) is 19.8 Å². The Balaban J connectivity index is 0.000000453. The van der Waals surface area contributed by atoms with Gasteiger partial charge in [-0.15, -0.1) is 0 Å². The van der Waals surface area contributed by atoms with Gasteiger partial charge in [0.05, 0.1) is 18.5 Å². The molecule has 13 heteroatoms. The number of hydrogen-bond donors (Lipinski definition) is 0. The van der Waals surface area contributed by atoms with Gasteiger partial charge in [-0.05, 0) is 75.7 Å². The van der Waals surface area contributed by atoms with Crippen molar-refractivity contribution in [3.63, 3.8) is 0 Å². The minimum absolute atomic E-state index is 0. The van der Waals surface area contributed by atoms with E-state index in [1.807, 2.05) is 60.9 Å². The summed E-state index contributed by atoms with van der Waals surface area (Å²) in [5.41, 5.74) is 8.82. The van der Waals surface area contributed by atoms with E-state index in [0.717, 1.165) is 48.7 Å². The fourth-order valence-corrected chi connectivity index (χ4v) is 8.23. The number of benzene rings is 5. The van der Waals surface area contributed by atoms with Gasteiger partial charge in [0.15, 0.2) is 0 Å². The Labute approximate surface area is 427 Å². The molecule has 0 fully saturated rings. The molecule has 0 saturated carbocycles. The van der Waals surface area contributed by atoms with E-state index < -0.39 is 6.15 Å². The topological polar surface area (TPSA) is 71.0 Å². The average molecular weight is 1010 g/mol. The van der Waals surface area contributed by atoms with Crippen LogP contribution in [0.3, 0.4) is 0 Å². The summed E-state index contributed by atoms with van der Waals surface area (Å²) >= 11 is 0. The van der Waals surface area contributed by atoms with Crippen molar-refractivity contribution in [2.75, 3.05) is 61.5 Å². The Hall–Kier alpha value is -4.50. The fraction of sp³-hybridized carbons (Fsp3) is 0.245. The second kappa shape index (κ2) is 30.0. The maximum atomic E-state index is 13.7. The van der Waals surface area contributed by atoms with Gasteiger partial charge >= 0.3 is 33.6 Å². The molecule has 5 aromatic carbocycles. The van der Waals surface area contributed by atoms with Crippen molar-refractivity contribution in [3.8, 4) is 11.5 Å². The summed E-state index contributed by atoms with van der Waals surface area (Å²) in [4.78, 5) is 17.9. The van der Waals surface area contributed by atoms with E-state index in [0.29, 0.717) is 31.9 Å². The van der Waals surface area contributed by atoms with Gasteiger partial charge in [0.25, 0.3) is 0 Å². The number of likely N-dealkylation sites (N-methyl/N-ethyl adjacent to an activating group) is 2. The van der Waals surface area contributed by atoms with E-state index in [4.69, 9.17) is 4.74 Å². The molecule has 0 spiro atoms. The summed E-state index contributed by atoms with van der Waals surface area (Å²) in [6.07, 6.45) is 2.41. The molecule has 0 aliphatic rings. The second-order valence-electron chi connectivity index (χ2n) is 16.5. The van der Waals surface area contributed by atoms with Gasteiger partial charge in [0.1, 0.15) is 11.9 Å². The van der Waals surface area contributed by atoms with Gasteiger partial charge < -0.3 is 44.5 Å². The predicted molar refractivity (Wildman–Crippen MR) is 256 cm³/mol. The number of halogens is 2. The Morgan fingerprint density at radius 2 is 0.773 bits per heavy atom. The number of hydrogen-bond acceptors (Lipinski definition) is 8. The molecule has 66 heavy (non-hydrogen) atoms. The standard InChI is InChI=1S/C29H42N6O2.C24H20B.2ClH.2Co/c1-32(2)14-16-34(22-26-10-6-8-12-30-26)20-24-18-28(37-5)19-25(29(24)36)21-35(17-15-33(3)4)23-27-11-7-9-13-31-27;1-5-13-21(14-6-1)25(22-15-7-2-8-16-22,23-17-9-3-10-18-23)24-19-11-4-12-20-24;;;;/h6-13,18-19,36H,14-17,20-23H2,1-5H3;1-20H;2*1H;;/q;-1;;;2*+2/p-3. The van der Waals surface area contributed by atoms with Gasteiger partial charge in [-0.1, -0.05) is 139 Å². The number of rotatable bonds is 19. The molecule has 0 saturated heterocycles. The Morgan fingerprint density at radius 3 is 1.05 bits per heavy atom. The monoisotopic (exact) mass is 1010 g/mol. The number of pyridine rings is 2. The van der Waals surface area contributed by atoms with E-state index in [9.17, 15) is 5.11 Å². The summed E-state index contributed by atoms with van der Waals surface area (Å²) in [6.45, 7) is 5.84. The molecule has 2 aromatic heterocycles. The van der Waals surface area contributed by atoms with Crippen molar-refractivity contribution in [1.82, 2.24) is 29.6 Å². The first-order valence-corrected chi connectivity index (χ1v) is 21.5. The van der Waals surface area contributed by atoms with Crippen LogP contribution in [0.15, 0.2) is 182 Å². The van der Waals surface area contributed by atoms with Crippen molar-refractivity contribution >= 4 is 28.0 Å².